The molecule has 0 fully saturated rings. The topological polar surface area (TPSA) is 3.24 Å². The smallest absolute Gasteiger partial charge is 0.0640 e. The second-order valence-electron chi connectivity index (χ2n) is 12.1. The monoisotopic (exact) mass is 633 g/mol. The lowest BCUT2D eigenvalue weighted by atomic mass is 9.98. The van der Waals surface area contributed by atoms with Crippen molar-refractivity contribution in [2.75, 3.05) is 4.90 Å². The molecule has 10 aromatic rings. The number of hydrogen-bond donors (Lipinski definition) is 0. The van der Waals surface area contributed by atoms with Gasteiger partial charge in [0.05, 0.1) is 10.4 Å². The molecule has 47 heavy (non-hydrogen) atoms. The fraction of sp³-hybridized carbons (Fsp3) is 0. The summed E-state index contributed by atoms with van der Waals surface area (Å²) in [4.78, 5) is 2.44. The average molecular weight is 634 g/mol. The van der Waals surface area contributed by atoms with E-state index in [4.69, 9.17) is 0 Å². The molecular weight excluding hydrogens is 607 g/mol. The van der Waals surface area contributed by atoms with Crippen molar-refractivity contribution in [2.24, 2.45) is 0 Å². The maximum atomic E-state index is 2.44. The number of thiophene rings is 2. The van der Waals surface area contributed by atoms with Crippen LogP contribution in [0.25, 0.3) is 73.0 Å². The Morgan fingerprint density at radius 1 is 0.362 bits per heavy atom. The number of hydrogen-bond acceptors (Lipinski definition) is 3. The van der Waals surface area contributed by atoms with Crippen molar-refractivity contribution >= 4 is 102 Å². The highest BCUT2D eigenvalue weighted by Gasteiger charge is 2.19. The summed E-state index contributed by atoms with van der Waals surface area (Å²) in [7, 11) is 0. The van der Waals surface area contributed by atoms with Crippen LogP contribution in [0.2, 0.25) is 0 Å². The van der Waals surface area contributed by atoms with Gasteiger partial charge in [-0.1, -0.05) is 109 Å². The largest absolute Gasteiger partial charge is 0.309 e. The quantitative estimate of drug-likeness (QED) is 0.186. The third-order valence-electron chi connectivity index (χ3n) is 9.43. The first-order chi connectivity index (χ1) is 23.3. The van der Waals surface area contributed by atoms with Crippen LogP contribution < -0.4 is 4.90 Å². The van der Waals surface area contributed by atoms with E-state index in [2.05, 4.69) is 169 Å². The van der Waals surface area contributed by atoms with Crippen LogP contribution in [0.4, 0.5) is 17.1 Å². The summed E-state index contributed by atoms with van der Waals surface area (Å²) in [5, 5.41) is 10.3. The molecule has 0 aliphatic rings. The van der Waals surface area contributed by atoms with E-state index in [9.17, 15) is 0 Å². The molecule has 10 rings (SSSR count). The van der Waals surface area contributed by atoms with Crippen molar-refractivity contribution < 1.29 is 0 Å². The summed E-state index contributed by atoms with van der Waals surface area (Å²) in [5.74, 6) is 0. The van der Waals surface area contributed by atoms with Crippen molar-refractivity contribution in [1.29, 1.82) is 0 Å². The molecule has 8 aromatic carbocycles. The lowest BCUT2D eigenvalue weighted by Crippen LogP contribution is -2.10. The van der Waals surface area contributed by atoms with Crippen molar-refractivity contribution in [2.45, 2.75) is 0 Å². The maximum Gasteiger partial charge on any atom is 0.0640 e. The van der Waals surface area contributed by atoms with Gasteiger partial charge in [-0.25, -0.2) is 0 Å². The van der Waals surface area contributed by atoms with Crippen molar-refractivity contribution in [3.05, 3.63) is 164 Å². The summed E-state index contributed by atoms with van der Waals surface area (Å²) in [6.45, 7) is 0. The van der Waals surface area contributed by atoms with Crippen LogP contribution in [0.3, 0.4) is 0 Å². The van der Waals surface area contributed by atoms with Crippen LogP contribution >= 0.6 is 22.7 Å². The minimum Gasteiger partial charge on any atom is -0.309 e. The lowest BCUT2D eigenvalue weighted by molar-refractivity contribution is 1.31. The maximum absolute atomic E-state index is 2.44. The second kappa shape index (κ2) is 10.5. The molecule has 1 nitrogen and oxygen atoms in total. The summed E-state index contributed by atoms with van der Waals surface area (Å²) in [5.41, 5.74) is 5.96. The molecule has 2 aromatic heterocycles. The standard InChI is InChI=1S/C44H27NS2/c1-2-11-34-28(9-1)10-7-14-35(34)29-19-22-32(23-20-29)45(40-16-8-15-38-36-12-3-6-18-42(36)47-44(38)40)33-24-21-30-27-43-39(26-31(30)25-33)37-13-4-5-17-41(37)46-43/h1-27H. The van der Waals surface area contributed by atoms with E-state index >= 15 is 0 Å². The number of benzene rings is 8. The van der Waals surface area contributed by atoms with Gasteiger partial charge >= 0.3 is 0 Å². The third kappa shape index (κ3) is 4.28. The summed E-state index contributed by atoms with van der Waals surface area (Å²) in [6, 6.07) is 60.3. The molecule has 0 aliphatic carbocycles. The molecule has 0 radical (unpaired) electrons. The Labute approximate surface area is 280 Å². The first-order valence-corrected chi connectivity index (χ1v) is 17.6. The van der Waals surface area contributed by atoms with Crippen LogP contribution in [0.1, 0.15) is 0 Å². The average Bonchev–Trinajstić information content (AvgIpc) is 3.69. The predicted octanol–water partition coefficient (Wildman–Crippen LogP) is 13.9. The summed E-state index contributed by atoms with van der Waals surface area (Å²) in [6.07, 6.45) is 0. The fourth-order valence-electron chi connectivity index (χ4n) is 7.20. The van der Waals surface area contributed by atoms with Crippen molar-refractivity contribution in [3.8, 4) is 11.1 Å². The Morgan fingerprint density at radius 3 is 1.87 bits per heavy atom. The zero-order valence-corrected chi connectivity index (χ0v) is 27.0. The lowest BCUT2D eigenvalue weighted by Gasteiger charge is -2.26. The molecule has 2 heterocycles. The predicted molar refractivity (Wildman–Crippen MR) is 207 cm³/mol. The molecule has 0 saturated heterocycles. The van der Waals surface area contributed by atoms with Gasteiger partial charge < -0.3 is 4.90 Å². The number of anilines is 3. The van der Waals surface area contributed by atoms with Gasteiger partial charge in [0.2, 0.25) is 0 Å². The van der Waals surface area contributed by atoms with Gasteiger partial charge in [-0.15, -0.1) is 22.7 Å². The van der Waals surface area contributed by atoms with E-state index in [1.165, 1.54) is 78.7 Å². The Bertz CT molecular complexity index is 2800. The SMILES string of the molecule is c1ccc2c(-c3ccc(N(c4ccc5cc6sc7ccccc7c6cc5c4)c4cccc5c4sc4ccccc45)cc3)cccc2c1. The van der Waals surface area contributed by atoms with Crippen LogP contribution in [0.15, 0.2) is 164 Å². The summed E-state index contributed by atoms with van der Waals surface area (Å²) < 4.78 is 5.28. The Kier molecular flexibility index (Phi) is 5.98. The second-order valence-corrected chi connectivity index (χ2v) is 14.3. The van der Waals surface area contributed by atoms with Crippen LogP contribution in [0, 0.1) is 0 Å². The van der Waals surface area contributed by atoms with Crippen molar-refractivity contribution in [1.82, 2.24) is 0 Å². The first-order valence-electron chi connectivity index (χ1n) is 15.9. The highest BCUT2D eigenvalue weighted by atomic mass is 32.1. The Hall–Kier alpha value is -5.48. The molecule has 0 aliphatic heterocycles. The zero-order chi connectivity index (χ0) is 30.9. The zero-order valence-electron chi connectivity index (χ0n) is 25.4. The van der Waals surface area contributed by atoms with E-state index in [1.807, 2.05) is 22.7 Å². The van der Waals surface area contributed by atoms with Gasteiger partial charge in [0, 0.05) is 47.0 Å². The van der Waals surface area contributed by atoms with Crippen molar-refractivity contribution in [3.63, 3.8) is 0 Å². The van der Waals surface area contributed by atoms with Gasteiger partial charge in [0.15, 0.2) is 0 Å². The molecule has 0 bridgehead atoms. The fourth-order valence-corrected chi connectivity index (χ4v) is 9.54. The minimum absolute atomic E-state index is 1.14. The van der Waals surface area contributed by atoms with Gasteiger partial charge in [-0.3, -0.25) is 0 Å². The molecule has 0 spiro atoms. The highest BCUT2D eigenvalue weighted by molar-refractivity contribution is 7.26. The van der Waals surface area contributed by atoms with Gasteiger partial charge in [0.1, 0.15) is 0 Å². The Balaban J connectivity index is 1.18. The first kappa shape index (κ1) is 26.7. The van der Waals surface area contributed by atoms with E-state index < -0.39 is 0 Å². The molecule has 0 saturated carbocycles. The van der Waals surface area contributed by atoms with Crippen LogP contribution in [-0.4, -0.2) is 0 Å². The molecule has 0 atom stereocenters. The molecule has 3 heteroatoms. The molecule has 220 valence electrons. The molecule has 0 amide bonds. The molecular formula is C44H27NS2. The minimum atomic E-state index is 1.14. The Morgan fingerprint density at radius 2 is 1.02 bits per heavy atom. The van der Waals surface area contributed by atoms with E-state index in [0.717, 1.165) is 11.4 Å². The van der Waals surface area contributed by atoms with E-state index in [-0.39, 0.29) is 0 Å². The van der Waals surface area contributed by atoms with Crippen LogP contribution in [0.5, 0.6) is 0 Å². The number of nitrogens with zero attached hydrogens (tertiary/aromatic N) is 1. The highest BCUT2D eigenvalue weighted by Crippen LogP contribution is 2.46. The molecule has 0 unspecified atom stereocenters. The van der Waals surface area contributed by atoms with Gasteiger partial charge in [-0.2, -0.15) is 0 Å². The molecule has 0 N–H and O–H groups in total. The van der Waals surface area contributed by atoms with Gasteiger partial charge in [-0.05, 0) is 87.3 Å². The van der Waals surface area contributed by atoms with E-state index in [0.29, 0.717) is 0 Å². The number of rotatable bonds is 4. The van der Waals surface area contributed by atoms with E-state index in [1.54, 1.807) is 0 Å². The normalized spacial score (nSPS) is 11.8. The number of fused-ring (bicyclic) bond motifs is 8. The summed E-state index contributed by atoms with van der Waals surface area (Å²) >= 11 is 3.75. The van der Waals surface area contributed by atoms with Crippen LogP contribution in [-0.2, 0) is 0 Å². The van der Waals surface area contributed by atoms with Gasteiger partial charge in [0.25, 0.3) is 0 Å². The third-order valence-corrected chi connectivity index (χ3v) is 11.8.